The van der Waals surface area contributed by atoms with Gasteiger partial charge < -0.3 is 4.74 Å². The van der Waals surface area contributed by atoms with E-state index >= 15 is 0 Å². The van der Waals surface area contributed by atoms with Crippen molar-refractivity contribution in [3.8, 4) is 11.3 Å². The highest BCUT2D eigenvalue weighted by Gasteiger charge is 2.14. The number of nitrogens with zero attached hydrogens (tertiary/aromatic N) is 3. The van der Waals surface area contributed by atoms with Crippen molar-refractivity contribution in [1.29, 1.82) is 0 Å². The van der Waals surface area contributed by atoms with Gasteiger partial charge in [0.25, 0.3) is 6.20 Å². The maximum absolute atomic E-state index is 12.0. The van der Waals surface area contributed by atoms with E-state index in [1.165, 1.54) is 23.1 Å². The van der Waals surface area contributed by atoms with E-state index in [1.54, 1.807) is 18.0 Å². The van der Waals surface area contributed by atoms with Crippen LogP contribution in [0.5, 0.6) is 0 Å². The lowest BCUT2D eigenvalue weighted by molar-refractivity contribution is -0.763. The minimum atomic E-state index is -0.187. The maximum Gasteiger partial charge on any atom is 0.302 e. The molecule has 0 saturated heterocycles. The lowest BCUT2D eigenvalue weighted by Gasteiger charge is -1.98. The fourth-order valence-corrected chi connectivity index (χ4v) is 3.76. The molecule has 2 heterocycles. The Hall–Kier alpha value is -1.94. The van der Waals surface area contributed by atoms with Crippen molar-refractivity contribution in [2.24, 2.45) is 0 Å². The molecule has 0 fully saturated rings. The van der Waals surface area contributed by atoms with Gasteiger partial charge in [-0.25, -0.2) is 4.98 Å². The summed E-state index contributed by atoms with van der Waals surface area (Å²) in [5.74, 6) is 0.341. The van der Waals surface area contributed by atoms with E-state index in [2.05, 4.69) is 15.6 Å². The minimum Gasteiger partial charge on any atom is -0.378 e. The van der Waals surface area contributed by atoms with Crippen LogP contribution in [0, 0.1) is 0 Å². The number of hydrogen-bond acceptors (Lipinski definition) is 7. The van der Waals surface area contributed by atoms with Gasteiger partial charge >= 0.3 is 5.88 Å². The van der Waals surface area contributed by atoms with Crippen molar-refractivity contribution < 1.29 is 18.7 Å². The molecule has 3 aromatic rings. The second-order valence-corrected chi connectivity index (χ2v) is 7.68. The summed E-state index contributed by atoms with van der Waals surface area (Å²) in [5.41, 5.74) is 1.85. The van der Waals surface area contributed by atoms with Gasteiger partial charge in [0.05, 0.1) is 11.4 Å². The van der Waals surface area contributed by atoms with Gasteiger partial charge in [-0.2, -0.15) is 0 Å². The molecule has 10 heteroatoms. The molecule has 1 amide bonds. The highest BCUT2D eigenvalue weighted by molar-refractivity contribution is 8.01. The summed E-state index contributed by atoms with van der Waals surface area (Å²) in [6.07, 6.45) is 1.61. The molecule has 0 aliphatic carbocycles. The molecule has 0 atom stereocenters. The quantitative estimate of drug-likeness (QED) is 0.453. The summed E-state index contributed by atoms with van der Waals surface area (Å²) in [5, 5.41) is 9.10. The average molecular weight is 412 g/mol. The highest BCUT2D eigenvalue weighted by atomic mass is 35.5. The van der Waals surface area contributed by atoms with E-state index < -0.39 is 0 Å². The number of carbonyl (C=O) groups is 1. The van der Waals surface area contributed by atoms with Gasteiger partial charge in [-0.15, -0.1) is 11.3 Å². The van der Waals surface area contributed by atoms with Crippen LogP contribution < -0.4 is 10.00 Å². The van der Waals surface area contributed by atoms with E-state index in [9.17, 15) is 4.79 Å². The maximum atomic E-state index is 12.0. The highest BCUT2D eigenvalue weighted by Crippen LogP contribution is 2.28. The summed E-state index contributed by atoms with van der Waals surface area (Å²) in [6.45, 7) is 1.07. The monoisotopic (exact) mass is 411 g/mol. The van der Waals surface area contributed by atoms with E-state index in [1.807, 2.05) is 29.6 Å². The fourth-order valence-electron chi connectivity index (χ4n) is 2.00. The second kappa shape index (κ2) is 9.13. The topological polar surface area (TPSA) is 81.1 Å². The predicted octanol–water partition coefficient (Wildman–Crippen LogP) is 3.12. The molecule has 0 saturated carbocycles. The normalized spacial score (nSPS) is 10.8. The standard InChI is InChI=1S/C16H15ClN4O3S2/c1-23-7-6-21-8-15(24-20-21)19-14(22)10-26-16-18-13(9-25-16)11-2-4-12(17)5-3-11/h2-5,8-9H,6-7,10H2,1H3/p+1. The van der Waals surface area contributed by atoms with Gasteiger partial charge in [-0.3, -0.25) is 14.6 Å². The summed E-state index contributed by atoms with van der Waals surface area (Å²) >= 11 is 8.76. The van der Waals surface area contributed by atoms with Crippen LogP contribution in [0.1, 0.15) is 0 Å². The number of rotatable bonds is 8. The first-order valence-corrected chi connectivity index (χ1v) is 9.88. The number of thioether (sulfide) groups is 1. The zero-order valence-corrected chi connectivity index (χ0v) is 16.2. The SMILES string of the molecule is COCC[n+]1cc(NC(=O)CSc2nc(-c3ccc(Cl)cc3)cs2)on1. The molecule has 7 nitrogen and oxygen atoms in total. The third kappa shape index (κ3) is 5.28. The molecule has 1 aromatic carbocycles. The van der Waals surface area contributed by atoms with Crippen LogP contribution in [-0.4, -0.2) is 35.6 Å². The molecule has 3 rings (SSSR count). The van der Waals surface area contributed by atoms with Crippen LogP contribution in [-0.2, 0) is 16.1 Å². The van der Waals surface area contributed by atoms with Crippen molar-refractivity contribution in [2.45, 2.75) is 10.9 Å². The molecule has 0 radical (unpaired) electrons. The molecule has 26 heavy (non-hydrogen) atoms. The van der Waals surface area contributed by atoms with Crippen LogP contribution in [0.15, 0.2) is 44.7 Å². The van der Waals surface area contributed by atoms with Crippen LogP contribution in [0.4, 0.5) is 5.88 Å². The lowest BCUT2D eigenvalue weighted by Crippen LogP contribution is -2.36. The Bertz CT molecular complexity index is 867. The van der Waals surface area contributed by atoms with Crippen LogP contribution in [0.3, 0.4) is 0 Å². The number of anilines is 1. The largest absolute Gasteiger partial charge is 0.378 e. The van der Waals surface area contributed by atoms with E-state index in [4.69, 9.17) is 20.9 Å². The van der Waals surface area contributed by atoms with E-state index in [-0.39, 0.29) is 11.7 Å². The van der Waals surface area contributed by atoms with E-state index in [0.29, 0.717) is 24.1 Å². The molecule has 2 aromatic heterocycles. The lowest BCUT2D eigenvalue weighted by atomic mass is 10.2. The Kier molecular flexibility index (Phi) is 6.62. The van der Waals surface area contributed by atoms with Crippen LogP contribution >= 0.6 is 34.7 Å². The number of amides is 1. The summed E-state index contributed by atoms with van der Waals surface area (Å²) in [4.78, 5) is 16.6. The first-order chi connectivity index (χ1) is 12.6. The number of methoxy groups -OCH3 is 1. The molecule has 1 N–H and O–H groups in total. The average Bonchev–Trinajstić information content (AvgIpc) is 3.28. The number of nitrogens with one attached hydrogen (secondary N) is 1. The number of hydrogen-bond donors (Lipinski definition) is 1. The molecule has 136 valence electrons. The zero-order chi connectivity index (χ0) is 18.4. The molecule has 0 aliphatic heterocycles. The second-order valence-electron chi connectivity index (χ2n) is 5.16. The third-order valence-corrected chi connectivity index (χ3v) is 5.52. The van der Waals surface area contributed by atoms with Gasteiger partial charge in [0.15, 0.2) is 4.34 Å². The minimum absolute atomic E-state index is 0.187. The Balaban J connectivity index is 1.50. The van der Waals surface area contributed by atoms with Crippen LogP contribution in [0.25, 0.3) is 11.3 Å². The Morgan fingerprint density at radius 1 is 1.42 bits per heavy atom. The molecule has 0 unspecified atom stereocenters. The summed E-state index contributed by atoms with van der Waals surface area (Å²) in [7, 11) is 1.61. The van der Waals surface area contributed by atoms with Gasteiger partial charge in [-0.05, 0) is 16.8 Å². The summed E-state index contributed by atoms with van der Waals surface area (Å²) in [6, 6.07) is 7.49. The van der Waals surface area contributed by atoms with E-state index in [0.717, 1.165) is 15.6 Å². The number of aromatic nitrogens is 3. The number of ether oxygens (including phenoxy) is 1. The smallest absolute Gasteiger partial charge is 0.302 e. The van der Waals surface area contributed by atoms with Gasteiger partial charge in [0, 0.05) is 23.1 Å². The molecular formula is C16H16ClN4O3S2+. The first kappa shape index (κ1) is 18.8. The fraction of sp³-hybridized carbons (Fsp3) is 0.250. The van der Waals surface area contributed by atoms with Crippen molar-refractivity contribution >= 4 is 46.5 Å². The number of halogens is 1. The third-order valence-electron chi connectivity index (χ3n) is 3.25. The Morgan fingerprint density at radius 2 is 2.23 bits per heavy atom. The number of benzene rings is 1. The summed E-state index contributed by atoms with van der Waals surface area (Å²) < 4.78 is 12.4. The van der Waals surface area contributed by atoms with Crippen LogP contribution in [0.2, 0.25) is 5.02 Å². The van der Waals surface area contributed by atoms with Crippen molar-refractivity contribution in [3.63, 3.8) is 0 Å². The van der Waals surface area contributed by atoms with Crippen molar-refractivity contribution in [1.82, 2.24) is 10.3 Å². The zero-order valence-electron chi connectivity index (χ0n) is 13.8. The predicted molar refractivity (Wildman–Crippen MR) is 100 cm³/mol. The molecule has 0 bridgehead atoms. The Morgan fingerprint density at radius 3 is 3.00 bits per heavy atom. The molecule has 0 spiro atoms. The number of thiazole rings is 1. The van der Waals surface area contributed by atoms with Gasteiger partial charge in [0.1, 0.15) is 6.61 Å². The van der Waals surface area contributed by atoms with Crippen molar-refractivity contribution in [2.75, 3.05) is 24.8 Å². The molecule has 0 aliphatic rings. The van der Waals surface area contributed by atoms with Gasteiger partial charge in [-0.1, -0.05) is 35.5 Å². The Labute approximate surface area is 163 Å². The first-order valence-electron chi connectivity index (χ1n) is 7.63. The van der Waals surface area contributed by atoms with Gasteiger partial charge in [0.2, 0.25) is 17.7 Å². The van der Waals surface area contributed by atoms with Crippen molar-refractivity contribution in [3.05, 3.63) is 40.9 Å². The number of carbonyl (C=O) groups excluding carboxylic acids is 1. The molecular weight excluding hydrogens is 396 g/mol.